The minimum atomic E-state index is -4.20. The number of ether oxygens (including phenoxy) is 1. The van der Waals surface area contributed by atoms with Crippen molar-refractivity contribution in [3.05, 3.63) is 57.5 Å². The number of piperazine rings is 1. The van der Waals surface area contributed by atoms with E-state index in [-0.39, 0.29) is 16.5 Å². The molecule has 1 aromatic carbocycles. The number of pyridine rings is 1. The number of hydrogen-bond acceptors (Lipinski definition) is 7. The lowest BCUT2D eigenvalue weighted by atomic mass is 10.2. The van der Waals surface area contributed by atoms with Gasteiger partial charge in [0, 0.05) is 49.5 Å². The fraction of sp³-hybridized carbons (Fsp3) is 0.333. The molecule has 29 heavy (non-hydrogen) atoms. The predicted octanol–water partition coefficient (Wildman–Crippen LogP) is 1.33. The van der Waals surface area contributed by atoms with Crippen molar-refractivity contribution in [2.24, 2.45) is 0 Å². The molecule has 1 N–H and O–H groups in total. The smallest absolute Gasteiger partial charge is 0.409 e. The van der Waals surface area contributed by atoms with Crippen molar-refractivity contribution in [2.45, 2.75) is 11.4 Å². The molecule has 1 aromatic heterocycles. The molecular weight excluding hydrogens is 422 g/mol. The summed E-state index contributed by atoms with van der Waals surface area (Å²) in [5.41, 5.74) is -0.727. The van der Waals surface area contributed by atoms with Crippen molar-refractivity contribution in [1.29, 1.82) is 0 Å². The summed E-state index contributed by atoms with van der Waals surface area (Å²) in [4.78, 5) is 27.4. The lowest BCUT2D eigenvalue weighted by molar-refractivity contribution is 0.0886. The Balaban J connectivity index is 1.80. The maximum absolute atomic E-state index is 12.7. The predicted molar refractivity (Wildman–Crippen MR) is 106 cm³/mol. The molecule has 11 heteroatoms. The molecule has 2 heterocycles. The zero-order chi connectivity index (χ0) is 21.2. The zero-order valence-electron chi connectivity index (χ0n) is 15.6. The average molecular weight is 442 g/mol. The van der Waals surface area contributed by atoms with Crippen LogP contribution in [0.2, 0.25) is 5.02 Å². The minimum Gasteiger partial charge on any atom is -0.503 e. The highest BCUT2D eigenvalue weighted by molar-refractivity contribution is 7.90. The Morgan fingerprint density at radius 2 is 1.90 bits per heavy atom. The highest BCUT2D eigenvalue weighted by Gasteiger charge is 2.25. The van der Waals surface area contributed by atoms with Gasteiger partial charge < -0.3 is 14.7 Å². The second-order valence-corrected chi connectivity index (χ2v) is 8.74. The van der Waals surface area contributed by atoms with E-state index in [0.29, 0.717) is 35.7 Å². The lowest BCUT2D eigenvalue weighted by Crippen LogP contribution is -2.48. The molecule has 1 amide bonds. The normalized spacial score (nSPS) is 15.3. The Morgan fingerprint density at radius 1 is 1.21 bits per heavy atom. The molecular formula is C18H20ClN3O6S. The number of carbonyl (C=O) groups is 1. The second kappa shape index (κ2) is 8.44. The van der Waals surface area contributed by atoms with E-state index in [1.807, 2.05) is 4.90 Å². The van der Waals surface area contributed by atoms with E-state index < -0.39 is 27.4 Å². The number of benzene rings is 1. The minimum absolute atomic E-state index is 0.154. The fourth-order valence-electron chi connectivity index (χ4n) is 3.06. The van der Waals surface area contributed by atoms with Gasteiger partial charge in [0.25, 0.3) is 10.0 Å². The van der Waals surface area contributed by atoms with Gasteiger partial charge in [0.1, 0.15) is 0 Å². The van der Waals surface area contributed by atoms with Crippen molar-refractivity contribution < 1.29 is 23.1 Å². The molecule has 0 saturated carbocycles. The maximum atomic E-state index is 12.7. The van der Waals surface area contributed by atoms with E-state index >= 15 is 0 Å². The van der Waals surface area contributed by atoms with E-state index in [4.69, 9.17) is 11.6 Å². The van der Waals surface area contributed by atoms with E-state index in [2.05, 4.69) is 4.74 Å². The summed E-state index contributed by atoms with van der Waals surface area (Å²) in [5, 5.41) is 10.5. The van der Waals surface area contributed by atoms with Gasteiger partial charge in [-0.05, 0) is 24.3 Å². The highest BCUT2D eigenvalue weighted by Crippen LogP contribution is 2.20. The third kappa shape index (κ3) is 4.39. The third-order valence-corrected chi connectivity index (χ3v) is 6.56. The summed E-state index contributed by atoms with van der Waals surface area (Å²) in [7, 11) is -2.88. The van der Waals surface area contributed by atoms with Crippen molar-refractivity contribution in [1.82, 2.24) is 13.8 Å². The van der Waals surface area contributed by atoms with Gasteiger partial charge in [-0.3, -0.25) is 9.69 Å². The van der Waals surface area contributed by atoms with E-state index in [1.54, 1.807) is 4.90 Å². The number of rotatable bonds is 4. The van der Waals surface area contributed by atoms with Gasteiger partial charge in [-0.1, -0.05) is 17.7 Å². The van der Waals surface area contributed by atoms with Gasteiger partial charge in [0.05, 0.1) is 12.0 Å². The van der Waals surface area contributed by atoms with E-state index in [1.165, 1.54) is 37.4 Å². The number of amides is 1. The molecule has 1 saturated heterocycles. The first-order valence-corrected chi connectivity index (χ1v) is 10.6. The Hall–Kier alpha value is -2.56. The van der Waals surface area contributed by atoms with Crippen LogP contribution in [0.25, 0.3) is 0 Å². The molecule has 0 unspecified atom stereocenters. The molecule has 9 nitrogen and oxygen atoms in total. The fourth-order valence-corrected chi connectivity index (χ4v) is 4.60. The van der Waals surface area contributed by atoms with Crippen LogP contribution in [0.15, 0.2) is 46.2 Å². The van der Waals surface area contributed by atoms with Gasteiger partial charge >= 0.3 is 11.7 Å². The summed E-state index contributed by atoms with van der Waals surface area (Å²) in [6, 6.07) is 6.92. The van der Waals surface area contributed by atoms with Crippen molar-refractivity contribution in [3.63, 3.8) is 0 Å². The van der Waals surface area contributed by atoms with Crippen LogP contribution in [0.3, 0.4) is 0 Å². The number of methoxy groups -OCH3 is 1. The number of hydrogen-bond donors (Lipinski definition) is 1. The first-order chi connectivity index (χ1) is 13.7. The third-order valence-electron chi connectivity index (χ3n) is 4.67. The average Bonchev–Trinajstić information content (AvgIpc) is 2.71. The highest BCUT2D eigenvalue weighted by atomic mass is 35.5. The Kier molecular flexibility index (Phi) is 6.15. The maximum Gasteiger partial charge on any atom is 0.409 e. The molecule has 0 spiro atoms. The van der Waals surface area contributed by atoms with Gasteiger partial charge in [0.2, 0.25) is 0 Å². The van der Waals surface area contributed by atoms with Crippen LogP contribution in [0.4, 0.5) is 4.79 Å². The number of nitrogens with zero attached hydrogens (tertiary/aromatic N) is 3. The van der Waals surface area contributed by atoms with Crippen LogP contribution in [0.1, 0.15) is 5.56 Å². The summed E-state index contributed by atoms with van der Waals surface area (Å²) in [5.74, 6) is -0.631. The van der Waals surface area contributed by atoms with Crippen LogP contribution in [0.5, 0.6) is 5.75 Å². The molecule has 0 aliphatic carbocycles. The molecule has 1 aliphatic rings. The molecule has 2 aromatic rings. The monoisotopic (exact) mass is 441 g/mol. The van der Waals surface area contributed by atoms with Crippen LogP contribution < -0.4 is 5.56 Å². The van der Waals surface area contributed by atoms with Crippen LogP contribution in [-0.2, 0) is 21.3 Å². The summed E-state index contributed by atoms with van der Waals surface area (Å²) < 4.78 is 30.6. The van der Waals surface area contributed by atoms with E-state index in [0.717, 1.165) is 6.20 Å². The van der Waals surface area contributed by atoms with Crippen LogP contribution in [-0.4, -0.2) is 66.7 Å². The topological polar surface area (TPSA) is 109 Å². The summed E-state index contributed by atoms with van der Waals surface area (Å²) >= 11 is 5.84. The molecule has 0 bridgehead atoms. The molecule has 3 rings (SSSR count). The van der Waals surface area contributed by atoms with Gasteiger partial charge in [0.15, 0.2) is 5.75 Å². The van der Waals surface area contributed by atoms with Crippen LogP contribution in [0, 0.1) is 0 Å². The number of carbonyl (C=O) groups excluding carboxylic acids is 1. The van der Waals surface area contributed by atoms with Gasteiger partial charge in [-0.15, -0.1) is 0 Å². The molecule has 0 atom stereocenters. The summed E-state index contributed by atoms with van der Waals surface area (Å²) in [6.45, 7) is 2.20. The Morgan fingerprint density at radius 3 is 2.52 bits per heavy atom. The molecule has 0 radical (unpaired) electrons. The Bertz CT molecular complexity index is 1080. The van der Waals surface area contributed by atoms with Crippen LogP contribution >= 0.6 is 11.6 Å². The second-order valence-electron chi connectivity index (χ2n) is 6.49. The standard InChI is InChI=1S/C18H20ClN3O6S/c1-28-18(25)21-9-7-20(8-10-21)12-13-5-6-22(17(24)16(13)23)29(26,27)15-4-2-3-14(19)11-15/h2-6,11,23H,7-10,12H2,1H3. The quantitative estimate of drug-likeness (QED) is 0.762. The number of aromatic hydroxyl groups is 1. The van der Waals surface area contributed by atoms with Crippen molar-refractivity contribution in [3.8, 4) is 5.75 Å². The van der Waals surface area contributed by atoms with Crippen molar-refractivity contribution >= 4 is 27.7 Å². The van der Waals surface area contributed by atoms with E-state index in [9.17, 15) is 23.1 Å². The Labute approximate surface area is 172 Å². The molecule has 1 aliphatic heterocycles. The molecule has 156 valence electrons. The largest absolute Gasteiger partial charge is 0.503 e. The number of halogens is 1. The van der Waals surface area contributed by atoms with Gasteiger partial charge in [-0.25, -0.2) is 17.2 Å². The molecule has 1 fully saturated rings. The van der Waals surface area contributed by atoms with Crippen molar-refractivity contribution in [2.75, 3.05) is 33.3 Å². The zero-order valence-corrected chi connectivity index (χ0v) is 17.2. The first kappa shape index (κ1) is 21.2. The SMILES string of the molecule is COC(=O)N1CCN(Cc2ccn(S(=O)(=O)c3cccc(Cl)c3)c(=O)c2O)CC1. The summed E-state index contributed by atoms with van der Waals surface area (Å²) in [6.07, 6.45) is 0.722. The lowest BCUT2D eigenvalue weighted by Gasteiger charge is -2.33. The number of aromatic nitrogens is 1. The first-order valence-electron chi connectivity index (χ1n) is 8.74. The van der Waals surface area contributed by atoms with Gasteiger partial charge in [-0.2, -0.15) is 0 Å².